The minimum absolute atomic E-state index is 0.136. The number of aliphatic hydroxyl groups excluding tert-OH is 3. The standard InChI is InChI=1S/C49H86O7/c1-7-8-9-10-11-12-13-14-15-16-17-18-19-23-43(50)54-33-42-44(51)45(52)46(53)47(56-42)55-37-28-30-48(5)36(32-37)24-25-38-40-27-26-39(35(4)22-20-21-34(2)3)49(40,6)31-29-41(38)48/h24,34-35,37-42,44-47,51-53H,7-23,25-33H2,1-6H3/t35?,37-,38-,39+,40-,41-,42+,44-,45-,46+,47+,48-,49+/m0/s1. The Morgan fingerprint density at radius 1 is 0.786 bits per heavy atom. The molecule has 56 heavy (non-hydrogen) atoms. The smallest absolute Gasteiger partial charge is 0.305 e. The van der Waals surface area contributed by atoms with Gasteiger partial charge in [0.25, 0.3) is 0 Å². The molecule has 3 N–H and O–H groups in total. The molecular formula is C49H86O7. The molecule has 0 amide bonds. The number of esters is 1. The van der Waals surface area contributed by atoms with Crippen molar-refractivity contribution in [3.63, 3.8) is 0 Å². The molecule has 3 saturated carbocycles. The van der Waals surface area contributed by atoms with E-state index in [0.29, 0.717) is 17.8 Å². The van der Waals surface area contributed by atoms with Gasteiger partial charge < -0.3 is 29.5 Å². The van der Waals surface area contributed by atoms with Gasteiger partial charge in [-0.15, -0.1) is 0 Å². The maximum Gasteiger partial charge on any atom is 0.305 e. The third kappa shape index (κ3) is 11.6. The van der Waals surface area contributed by atoms with Crippen LogP contribution in [0.2, 0.25) is 0 Å². The summed E-state index contributed by atoms with van der Waals surface area (Å²) in [5.41, 5.74) is 2.15. The van der Waals surface area contributed by atoms with Crippen LogP contribution in [-0.4, -0.2) is 64.7 Å². The van der Waals surface area contributed by atoms with E-state index in [0.717, 1.165) is 74.5 Å². The Labute approximate surface area is 342 Å². The Hall–Kier alpha value is -0.990. The Bertz CT molecular complexity index is 1200. The van der Waals surface area contributed by atoms with E-state index in [4.69, 9.17) is 14.2 Å². The molecule has 0 bridgehead atoms. The zero-order chi connectivity index (χ0) is 40.3. The van der Waals surface area contributed by atoms with Crippen LogP contribution in [0.4, 0.5) is 0 Å². The van der Waals surface area contributed by atoms with Crippen molar-refractivity contribution in [2.75, 3.05) is 6.61 Å². The van der Waals surface area contributed by atoms with Crippen molar-refractivity contribution in [2.24, 2.45) is 46.3 Å². The number of allylic oxidation sites excluding steroid dienone is 1. The molecule has 0 aromatic heterocycles. The molecule has 0 radical (unpaired) electrons. The molecule has 7 heteroatoms. The van der Waals surface area contributed by atoms with Crippen LogP contribution in [0.3, 0.4) is 0 Å². The Morgan fingerprint density at radius 2 is 1.45 bits per heavy atom. The van der Waals surface area contributed by atoms with Gasteiger partial charge in [-0.05, 0) is 104 Å². The van der Waals surface area contributed by atoms with Gasteiger partial charge in [-0.1, -0.05) is 150 Å². The van der Waals surface area contributed by atoms with Gasteiger partial charge in [0.15, 0.2) is 6.29 Å². The van der Waals surface area contributed by atoms with Gasteiger partial charge in [-0.2, -0.15) is 0 Å². The normalized spacial score (nSPS) is 37.4. The Kier molecular flexibility index (Phi) is 18.1. The maximum absolute atomic E-state index is 12.6. The average molecular weight is 787 g/mol. The third-order valence-electron chi connectivity index (χ3n) is 16.1. The Balaban J connectivity index is 1.03. The van der Waals surface area contributed by atoms with Gasteiger partial charge in [0.1, 0.15) is 31.0 Å². The number of carbonyl (C=O) groups is 1. The second-order valence-corrected chi connectivity index (χ2v) is 20.5. The van der Waals surface area contributed by atoms with Gasteiger partial charge in [0, 0.05) is 6.42 Å². The summed E-state index contributed by atoms with van der Waals surface area (Å²) in [6.45, 7) is 14.5. The number of fused-ring (bicyclic) bond motifs is 5. The fourth-order valence-corrected chi connectivity index (χ4v) is 12.7. The summed E-state index contributed by atoms with van der Waals surface area (Å²) in [5, 5.41) is 32.4. The first-order valence-corrected chi connectivity index (χ1v) is 24.1. The number of carbonyl (C=O) groups excluding carboxylic acids is 1. The predicted octanol–water partition coefficient (Wildman–Crippen LogP) is 11.2. The lowest BCUT2D eigenvalue weighted by molar-refractivity contribution is -0.313. The number of hydrogen-bond acceptors (Lipinski definition) is 7. The minimum Gasteiger partial charge on any atom is -0.463 e. The fraction of sp³-hybridized carbons (Fsp3) is 0.939. The van der Waals surface area contributed by atoms with Crippen LogP contribution in [0.1, 0.15) is 202 Å². The summed E-state index contributed by atoms with van der Waals surface area (Å²) in [6.07, 6.45) is 26.2. The van der Waals surface area contributed by atoms with E-state index in [1.54, 1.807) is 0 Å². The monoisotopic (exact) mass is 787 g/mol. The lowest BCUT2D eigenvalue weighted by Crippen LogP contribution is -2.60. The highest BCUT2D eigenvalue weighted by atomic mass is 16.7. The van der Waals surface area contributed by atoms with Gasteiger partial charge in [0.05, 0.1) is 6.10 Å². The number of rotatable bonds is 23. The highest BCUT2D eigenvalue weighted by Crippen LogP contribution is 2.67. The highest BCUT2D eigenvalue weighted by Gasteiger charge is 2.59. The molecule has 13 atom stereocenters. The van der Waals surface area contributed by atoms with Gasteiger partial charge in [-0.25, -0.2) is 0 Å². The van der Waals surface area contributed by atoms with Crippen molar-refractivity contribution in [1.29, 1.82) is 0 Å². The summed E-state index contributed by atoms with van der Waals surface area (Å²) in [6, 6.07) is 0. The SMILES string of the molecule is CCCCCCCCCCCCCCCC(=O)OC[C@H]1O[C@@H](O[C@H]2CC[C@@]3(C)C(=CC[C@H]4[C@@H]5CC[C@H](C(C)CCCC(C)C)[C@@]5(C)CC[C@@H]43)C2)[C@H](O)[C@@H](O)[C@H]1O. The third-order valence-corrected chi connectivity index (χ3v) is 16.1. The molecule has 7 nitrogen and oxygen atoms in total. The molecule has 1 aliphatic heterocycles. The van der Waals surface area contributed by atoms with Crippen LogP contribution >= 0.6 is 0 Å². The quantitative estimate of drug-likeness (QED) is 0.0538. The molecule has 5 rings (SSSR count). The number of hydrogen-bond donors (Lipinski definition) is 3. The summed E-state index contributed by atoms with van der Waals surface area (Å²) < 4.78 is 18.0. The minimum atomic E-state index is -1.44. The topological polar surface area (TPSA) is 105 Å². The summed E-state index contributed by atoms with van der Waals surface area (Å²) >= 11 is 0. The van der Waals surface area contributed by atoms with Gasteiger partial charge in [-0.3, -0.25) is 4.79 Å². The zero-order valence-electron chi connectivity index (χ0n) is 36.9. The van der Waals surface area contributed by atoms with Crippen LogP contribution in [0.25, 0.3) is 0 Å². The van der Waals surface area contributed by atoms with Crippen molar-refractivity contribution in [3.8, 4) is 0 Å². The summed E-state index contributed by atoms with van der Waals surface area (Å²) in [7, 11) is 0. The van der Waals surface area contributed by atoms with Crippen molar-refractivity contribution in [2.45, 2.75) is 239 Å². The molecule has 1 heterocycles. The van der Waals surface area contributed by atoms with E-state index in [2.05, 4.69) is 47.6 Å². The first kappa shape index (κ1) is 46.1. The molecule has 324 valence electrons. The first-order chi connectivity index (χ1) is 26.9. The molecule has 5 aliphatic rings. The van der Waals surface area contributed by atoms with Crippen molar-refractivity contribution >= 4 is 5.97 Å². The zero-order valence-corrected chi connectivity index (χ0v) is 36.9. The molecule has 1 saturated heterocycles. The molecule has 0 aromatic rings. The van der Waals surface area contributed by atoms with E-state index in [9.17, 15) is 20.1 Å². The molecule has 0 aromatic carbocycles. The van der Waals surface area contributed by atoms with Gasteiger partial charge in [0.2, 0.25) is 0 Å². The van der Waals surface area contributed by atoms with E-state index < -0.39 is 30.7 Å². The first-order valence-electron chi connectivity index (χ1n) is 24.1. The Morgan fingerprint density at radius 3 is 2.11 bits per heavy atom. The van der Waals surface area contributed by atoms with Crippen LogP contribution < -0.4 is 0 Å². The maximum atomic E-state index is 12.6. The van der Waals surface area contributed by atoms with Crippen LogP contribution in [0.5, 0.6) is 0 Å². The average Bonchev–Trinajstić information content (AvgIpc) is 3.53. The number of aliphatic hydroxyl groups is 3. The fourth-order valence-electron chi connectivity index (χ4n) is 12.7. The molecule has 4 aliphatic carbocycles. The summed E-state index contributed by atoms with van der Waals surface area (Å²) in [5.74, 6) is 4.45. The second kappa shape index (κ2) is 22.0. The largest absolute Gasteiger partial charge is 0.463 e. The van der Waals surface area contributed by atoms with Gasteiger partial charge >= 0.3 is 5.97 Å². The molecular weight excluding hydrogens is 701 g/mol. The highest BCUT2D eigenvalue weighted by molar-refractivity contribution is 5.69. The van der Waals surface area contributed by atoms with Crippen molar-refractivity contribution in [1.82, 2.24) is 0 Å². The predicted molar refractivity (Wildman–Crippen MR) is 226 cm³/mol. The van der Waals surface area contributed by atoms with Crippen molar-refractivity contribution < 1.29 is 34.3 Å². The number of ether oxygens (including phenoxy) is 3. The van der Waals surface area contributed by atoms with Crippen LogP contribution in [-0.2, 0) is 19.0 Å². The van der Waals surface area contributed by atoms with E-state index in [1.807, 2.05) is 0 Å². The van der Waals surface area contributed by atoms with Crippen molar-refractivity contribution in [3.05, 3.63) is 11.6 Å². The molecule has 1 unspecified atom stereocenters. The van der Waals surface area contributed by atoms with Crippen LogP contribution in [0.15, 0.2) is 11.6 Å². The second-order valence-electron chi connectivity index (χ2n) is 20.5. The van der Waals surface area contributed by atoms with E-state index >= 15 is 0 Å². The van der Waals surface area contributed by atoms with Crippen LogP contribution in [0, 0.1) is 46.3 Å². The van der Waals surface area contributed by atoms with E-state index in [1.165, 1.54) is 115 Å². The molecule has 4 fully saturated rings. The molecule has 0 spiro atoms. The van der Waals surface area contributed by atoms with E-state index in [-0.39, 0.29) is 24.1 Å². The lowest BCUT2D eigenvalue weighted by Gasteiger charge is -2.58. The lowest BCUT2D eigenvalue weighted by atomic mass is 9.47. The number of unbranched alkanes of at least 4 members (excludes halogenated alkanes) is 12. The summed E-state index contributed by atoms with van der Waals surface area (Å²) in [4.78, 5) is 12.6.